The molecule has 1 amide bonds. The number of carbonyl (C=O) groups excluding carboxylic acids is 1. The molecule has 0 fully saturated rings. The molecular formula is C24H17NO3. The van der Waals surface area contributed by atoms with E-state index in [4.69, 9.17) is 8.83 Å². The lowest BCUT2D eigenvalue weighted by Gasteiger charge is -2.20. The van der Waals surface area contributed by atoms with Crippen LogP contribution < -0.4 is 4.90 Å². The molecule has 2 aromatic heterocycles. The van der Waals surface area contributed by atoms with Crippen molar-refractivity contribution >= 4 is 33.5 Å². The van der Waals surface area contributed by atoms with Crippen molar-refractivity contribution in [3.05, 3.63) is 103 Å². The summed E-state index contributed by atoms with van der Waals surface area (Å²) in [4.78, 5) is 15.0. The lowest BCUT2D eigenvalue weighted by molar-refractivity contribution is 0.0959. The molecule has 0 N–H and O–H groups in total. The summed E-state index contributed by atoms with van der Waals surface area (Å²) in [6.45, 7) is 0.314. The fourth-order valence-electron chi connectivity index (χ4n) is 3.38. The first-order valence-corrected chi connectivity index (χ1v) is 9.11. The van der Waals surface area contributed by atoms with Gasteiger partial charge in [-0.1, -0.05) is 54.6 Å². The maximum absolute atomic E-state index is 13.3. The molecule has 136 valence electrons. The zero-order chi connectivity index (χ0) is 18.9. The largest absolute Gasteiger partial charge is 0.459 e. The number of amides is 1. The molecule has 2 heterocycles. The minimum atomic E-state index is -0.206. The van der Waals surface area contributed by atoms with Crippen molar-refractivity contribution in [3.8, 4) is 0 Å². The Labute approximate surface area is 161 Å². The van der Waals surface area contributed by atoms with Gasteiger partial charge in [0.05, 0.1) is 6.54 Å². The van der Waals surface area contributed by atoms with Crippen molar-refractivity contribution in [1.82, 2.24) is 0 Å². The SMILES string of the molecule is O=C(c1cc2ccccc2o1)N(Cc1cc2ccccc2o1)c1ccccc1. The fourth-order valence-corrected chi connectivity index (χ4v) is 3.38. The molecule has 0 radical (unpaired) electrons. The summed E-state index contributed by atoms with van der Waals surface area (Å²) in [6.07, 6.45) is 0. The number of carbonyl (C=O) groups is 1. The number of benzene rings is 3. The average molecular weight is 367 g/mol. The monoisotopic (exact) mass is 367 g/mol. The second-order valence-corrected chi connectivity index (χ2v) is 6.63. The summed E-state index contributed by atoms with van der Waals surface area (Å²) in [5.74, 6) is 0.818. The molecule has 0 aliphatic carbocycles. The second kappa shape index (κ2) is 6.74. The van der Waals surface area contributed by atoms with Crippen molar-refractivity contribution in [2.24, 2.45) is 0 Å². The molecule has 0 aliphatic heterocycles. The Kier molecular flexibility index (Phi) is 3.95. The molecule has 0 bridgehead atoms. The first kappa shape index (κ1) is 16.4. The lowest BCUT2D eigenvalue weighted by atomic mass is 10.2. The van der Waals surface area contributed by atoms with E-state index in [-0.39, 0.29) is 5.91 Å². The van der Waals surface area contributed by atoms with Crippen molar-refractivity contribution in [3.63, 3.8) is 0 Å². The van der Waals surface area contributed by atoms with Gasteiger partial charge >= 0.3 is 0 Å². The number of para-hydroxylation sites is 3. The van der Waals surface area contributed by atoms with Crippen LogP contribution in [0.3, 0.4) is 0 Å². The van der Waals surface area contributed by atoms with E-state index in [1.54, 1.807) is 11.0 Å². The van der Waals surface area contributed by atoms with Crippen LogP contribution in [0.1, 0.15) is 16.3 Å². The summed E-state index contributed by atoms with van der Waals surface area (Å²) in [7, 11) is 0. The van der Waals surface area contributed by atoms with Crippen molar-refractivity contribution < 1.29 is 13.6 Å². The van der Waals surface area contributed by atoms with Crippen LogP contribution in [-0.4, -0.2) is 5.91 Å². The van der Waals surface area contributed by atoms with E-state index in [0.29, 0.717) is 17.9 Å². The van der Waals surface area contributed by atoms with Gasteiger partial charge in [-0.2, -0.15) is 0 Å². The first-order valence-electron chi connectivity index (χ1n) is 9.11. The third-order valence-electron chi connectivity index (χ3n) is 4.74. The molecule has 3 aromatic carbocycles. The molecule has 5 rings (SSSR count). The van der Waals surface area contributed by atoms with E-state index in [1.165, 1.54) is 0 Å². The number of rotatable bonds is 4. The number of fused-ring (bicyclic) bond motifs is 2. The predicted molar refractivity (Wildman–Crippen MR) is 109 cm³/mol. The lowest BCUT2D eigenvalue weighted by Crippen LogP contribution is -2.29. The molecule has 0 unspecified atom stereocenters. The van der Waals surface area contributed by atoms with E-state index >= 15 is 0 Å². The summed E-state index contributed by atoms with van der Waals surface area (Å²) in [6, 6.07) is 28.7. The molecular weight excluding hydrogens is 350 g/mol. The van der Waals surface area contributed by atoms with E-state index in [0.717, 1.165) is 27.8 Å². The third-order valence-corrected chi connectivity index (χ3v) is 4.74. The van der Waals surface area contributed by atoms with Crippen LogP contribution in [0.15, 0.2) is 99.8 Å². The van der Waals surface area contributed by atoms with Gasteiger partial charge in [-0.05, 0) is 36.4 Å². The van der Waals surface area contributed by atoms with Gasteiger partial charge in [0, 0.05) is 16.5 Å². The minimum absolute atomic E-state index is 0.206. The molecule has 4 nitrogen and oxygen atoms in total. The van der Waals surface area contributed by atoms with Gasteiger partial charge in [0.25, 0.3) is 5.91 Å². The van der Waals surface area contributed by atoms with Crippen LogP contribution in [-0.2, 0) is 6.54 Å². The zero-order valence-electron chi connectivity index (χ0n) is 15.0. The zero-order valence-corrected chi connectivity index (χ0v) is 15.0. The van der Waals surface area contributed by atoms with Gasteiger partial charge in [0.1, 0.15) is 16.9 Å². The molecule has 0 saturated carbocycles. The first-order chi connectivity index (χ1) is 13.8. The van der Waals surface area contributed by atoms with E-state index in [2.05, 4.69) is 0 Å². The standard InChI is InChI=1S/C24H17NO3/c26-24(23-15-18-9-5-7-13-22(18)28-23)25(19-10-2-1-3-11-19)16-20-14-17-8-4-6-12-21(17)27-20/h1-15H,16H2. The highest BCUT2D eigenvalue weighted by Crippen LogP contribution is 2.26. The highest BCUT2D eigenvalue weighted by atomic mass is 16.4. The smallest absolute Gasteiger partial charge is 0.294 e. The fraction of sp³-hybridized carbons (Fsp3) is 0.0417. The Balaban J connectivity index is 1.54. The van der Waals surface area contributed by atoms with Gasteiger partial charge in [-0.15, -0.1) is 0 Å². The maximum atomic E-state index is 13.3. The number of hydrogen-bond donors (Lipinski definition) is 0. The quantitative estimate of drug-likeness (QED) is 0.390. The summed E-state index contributed by atoms with van der Waals surface area (Å²) < 4.78 is 11.7. The number of nitrogens with zero attached hydrogens (tertiary/aromatic N) is 1. The van der Waals surface area contributed by atoms with Crippen LogP contribution >= 0.6 is 0 Å². The average Bonchev–Trinajstić information content (AvgIpc) is 3.35. The van der Waals surface area contributed by atoms with Gasteiger partial charge in [0.15, 0.2) is 5.76 Å². The number of anilines is 1. The van der Waals surface area contributed by atoms with Gasteiger partial charge in [0.2, 0.25) is 0 Å². The van der Waals surface area contributed by atoms with Crippen molar-refractivity contribution in [1.29, 1.82) is 0 Å². The molecule has 0 atom stereocenters. The van der Waals surface area contributed by atoms with Gasteiger partial charge < -0.3 is 8.83 Å². The molecule has 0 aliphatic rings. The Morgan fingerprint density at radius 2 is 1.32 bits per heavy atom. The maximum Gasteiger partial charge on any atom is 0.294 e. The third kappa shape index (κ3) is 2.95. The Morgan fingerprint density at radius 3 is 2.00 bits per heavy atom. The van der Waals surface area contributed by atoms with Crippen molar-refractivity contribution in [2.75, 3.05) is 4.90 Å². The minimum Gasteiger partial charge on any atom is -0.459 e. The number of hydrogen-bond acceptors (Lipinski definition) is 3. The highest BCUT2D eigenvalue weighted by molar-refractivity contribution is 6.06. The highest BCUT2D eigenvalue weighted by Gasteiger charge is 2.23. The molecule has 4 heteroatoms. The van der Waals surface area contributed by atoms with Crippen LogP contribution in [0.5, 0.6) is 0 Å². The molecule has 0 spiro atoms. The van der Waals surface area contributed by atoms with Gasteiger partial charge in [-0.25, -0.2) is 0 Å². The Hall–Kier alpha value is -3.79. The van der Waals surface area contributed by atoms with E-state index < -0.39 is 0 Å². The predicted octanol–water partition coefficient (Wildman–Crippen LogP) is 6.03. The normalized spacial score (nSPS) is 11.1. The van der Waals surface area contributed by atoms with Crippen LogP contribution in [0.4, 0.5) is 5.69 Å². The Bertz CT molecular complexity index is 1200. The number of furan rings is 2. The van der Waals surface area contributed by atoms with Crippen LogP contribution in [0.2, 0.25) is 0 Å². The Morgan fingerprint density at radius 1 is 0.714 bits per heavy atom. The molecule has 5 aromatic rings. The second-order valence-electron chi connectivity index (χ2n) is 6.63. The molecule has 28 heavy (non-hydrogen) atoms. The topological polar surface area (TPSA) is 46.6 Å². The van der Waals surface area contributed by atoms with Gasteiger partial charge in [-0.3, -0.25) is 9.69 Å². The van der Waals surface area contributed by atoms with Crippen molar-refractivity contribution in [2.45, 2.75) is 6.54 Å². The van der Waals surface area contributed by atoms with E-state index in [1.807, 2.05) is 84.9 Å². The van der Waals surface area contributed by atoms with Crippen LogP contribution in [0, 0.1) is 0 Å². The summed E-state index contributed by atoms with van der Waals surface area (Å²) in [5.41, 5.74) is 2.29. The van der Waals surface area contributed by atoms with Crippen LogP contribution in [0.25, 0.3) is 21.9 Å². The summed E-state index contributed by atoms with van der Waals surface area (Å²) in [5, 5.41) is 1.92. The van der Waals surface area contributed by atoms with E-state index in [9.17, 15) is 4.79 Å². The molecule has 0 saturated heterocycles. The summed E-state index contributed by atoms with van der Waals surface area (Å²) >= 11 is 0.